The maximum absolute atomic E-state index is 11.8. The number of hydrogen-bond donors (Lipinski definition) is 2. The van der Waals surface area contributed by atoms with Gasteiger partial charge in [-0.15, -0.1) is 0 Å². The van der Waals surface area contributed by atoms with Gasteiger partial charge in [0, 0.05) is 5.69 Å². The molecule has 0 saturated carbocycles. The third-order valence-corrected chi connectivity index (χ3v) is 5.29. The van der Waals surface area contributed by atoms with Crippen molar-refractivity contribution in [3.8, 4) is 0 Å². The van der Waals surface area contributed by atoms with Crippen molar-refractivity contribution in [1.82, 2.24) is 0 Å². The molecule has 0 radical (unpaired) electrons. The zero-order valence-corrected chi connectivity index (χ0v) is 12.0. The first-order chi connectivity index (χ1) is 7.93. The predicted octanol–water partition coefficient (Wildman–Crippen LogP) is 0.874. The monoisotopic (exact) mass is 292 g/mol. The summed E-state index contributed by atoms with van der Waals surface area (Å²) in [5.74, 6) is 0. The molecule has 8 heteroatoms. The molecule has 0 aliphatic heterocycles. The molecule has 0 saturated heterocycles. The minimum atomic E-state index is -3.77. The molecule has 0 aliphatic rings. The first-order valence-electron chi connectivity index (χ1n) is 5.09. The van der Waals surface area contributed by atoms with Crippen molar-refractivity contribution in [3.05, 3.63) is 24.3 Å². The summed E-state index contributed by atoms with van der Waals surface area (Å²) in [5.41, 5.74) is 0.289. The lowest BCUT2D eigenvalue weighted by Crippen LogP contribution is -2.33. The molecular formula is C10H16N2O4S2. The van der Waals surface area contributed by atoms with E-state index in [1.165, 1.54) is 24.3 Å². The smallest absolute Gasteiger partial charge is 0.238 e. The van der Waals surface area contributed by atoms with Crippen LogP contribution in [0.2, 0.25) is 0 Å². The zero-order valence-electron chi connectivity index (χ0n) is 10.3. The van der Waals surface area contributed by atoms with Crippen molar-refractivity contribution >= 4 is 25.7 Å². The van der Waals surface area contributed by atoms with Crippen molar-refractivity contribution in [2.75, 3.05) is 4.72 Å². The van der Waals surface area contributed by atoms with Crippen molar-refractivity contribution in [2.45, 2.75) is 30.4 Å². The number of nitrogens with two attached hydrogens (primary N) is 1. The first-order valence-corrected chi connectivity index (χ1v) is 8.12. The average Bonchev–Trinajstić information content (AvgIpc) is 2.14. The molecule has 0 heterocycles. The lowest BCUT2D eigenvalue weighted by atomic mass is 10.3. The third kappa shape index (κ3) is 3.44. The standard InChI is InChI=1S/C10H16N2O4S2/c1-10(2,3)18(15,16)12-8-4-6-9(7-5-8)17(11,13)14/h4-7,12H,1-3H3,(H2,11,13,14). The number of rotatable bonds is 3. The van der Waals surface area contributed by atoms with Crippen LogP contribution in [0.4, 0.5) is 5.69 Å². The molecule has 1 aromatic carbocycles. The van der Waals surface area contributed by atoms with Gasteiger partial charge in [-0.25, -0.2) is 22.0 Å². The maximum Gasteiger partial charge on any atom is 0.238 e. The summed E-state index contributed by atoms with van der Waals surface area (Å²) in [5, 5.41) is 4.94. The van der Waals surface area contributed by atoms with Crippen molar-refractivity contribution in [3.63, 3.8) is 0 Å². The Hall–Kier alpha value is -1.12. The van der Waals surface area contributed by atoms with E-state index in [9.17, 15) is 16.8 Å². The summed E-state index contributed by atoms with van der Waals surface area (Å²) in [4.78, 5) is -0.0683. The number of nitrogens with one attached hydrogen (secondary N) is 1. The Bertz CT molecular complexity index is 625. The van der Waals surface area contributed by atoms with Crippen LogP contribution in [0.3, 0.4) is 0 Å². The Balaban J connectivity index is 3.03. The van der Waals surface area contributed by atoms with Crippen LogP contribution in [0, 0.1) is 0 Å². The molecule has 0 aromatic heterocycles. The molecule has 18 heavy (non-hydrogen) atoms. The third-order valence-electron chi connectivity index (χ3n) is 2.24. The summed E-state index contributed by atoms with van der Waals surface area (Å²) < 4.78 is 47.2. The number of benzene rings is 1. The highest BCUT2D eigenvalue weighted by atomic mass is 32.2. The topological polar surface area (TPSA) is 106 Å². The average molecular weight is 292 g/mol. The lowest BCUT2D eigenvalue weighted by molar-refractivity contribution is 0.566. The molecule has 6 nitrogen and oxygen atoms in total. The van der Waals surface area contributed by atoms with Crippen LogP contribution in [-0.2, 0) is 20.0 Å². The molecule has 102 valence electrons. The van der Waals surface area contributed by atoms with Gasteiger partial charge in [0.2, 0.25) is 20.0 Å². The van der Waals surface area contributed by atoms with E-state index in [0.717, 1.165) is 0 Å². The van der Waals surface area contributed by atoms with Gasteiger partial charge >= 0.3 is 0 Å². The number of primary sulfonamides is 1. The van der Waals surface area contributed by atoms with Gasteiger partial charge in [0.1, 0.15) is 0 Å². The van der Waals surface area contributed by atoms with Crippen LogP contribution in [0.25, 0.3) is 0 Å². The van der Waals surface area contributed by atoms with E-state index < -0.39 is 24.8 Å². The van der Waals surface area contributed by atoms with Gasteiger partial charge in [0.15, 0.2) is 0 Å². The molecule has 0 fully saturated rings. The fourth-order valence-corrected chi connectivity index (χ4v) is 2.29. The van der Waals surface area contributed by atoms with E-state index in [1.807, 2.05) is 0 Å². The largest absolute Gasteiger partial charge is 0.283 e. The fraction of sp³-hybridized carbons (Fsp3) is 0.400. The van der Waals surface area contributed by atoms with Crippen LogP contribution < -0.4 is 9.86 Å². The predicted molar refractivity (Wildman–Crippen MR) is 70.1 cm³/mol. The molecule has 3 N–H and O–H groups in total. The number of anilines is 1. The molecule has 0 bridgehead atoms. The van der Waals surface area contributed by atoms with E-state index in [-0.39, 0.29) is 10.6 Å². The van der Waals surface area contributed by atoms with E-state index >= 15 is 0 Å². The summed E-state index contributed by atoms with van der Waals surface area (Å²) in [6.45, 7) is 4.69. The Morgan fingerprint density at radius 2 is 1.44 bits per heavy atom. The summed E-state index contributed by atoms with van der Waals surface area (Å²) >= 11 is 0. The first kappa shape index (κ1) is 14.9. The second-order valence-corrected chi connectivity index (χ2v) is 8.78. The van der Waals surface area contributed by atoms with E-state index in [2.05, 4.69) is 4.72 Å². The Morgan fingerprint density at radius 1 is 1.00 bits per heavy atom. The Morgan fingerprint density at radius 3 is 1.78 bits per heavy atom. The van der Waals surface area contributed by atoms with Crippen molar-refractivity contribution in [1.29, 1.82) is 0 Å². The van der Waals surface area contributed by atoms with Crippen LogP contribution in [0.5, 0.6) is 0 Å². The van der Waals surface area contributed by atoms with Gasteiger partial charge in [-0.05, 0) is 45.0 Å². The quantitative estimate of drug-likeness (QED) is 0.862. The van der Waals surface area contributed by atoms with Crippen LogP contribution >= 0.6 is 0 Å². The highest BCUT2D eigenvalue weighted by molar-refractivity contribution is 7.94. The minimum Gasteiger partial charge on any atom is -0.283 e. The molecule has 1 aromatic rings. The normalized spacial score (nSPS) is 13.3. The SMILES string of the molecule is CC(C)(C)S(=O)(=O)Nc1ccc(S(N)(=O)=O)cc1. The van der Waals surface area contributed by atoms with E-state index in [4.69, 9.17) is 5.14 Å². The van der Waals surface area contributed by atoms with Gasteiger partial charge in [0.25, 0.3) is 0 Å². The summed E-state index contributed by atoms with van der Waals surface area (Å²) in [7, 11) is -7.30. The van der Waals surface area contributed by atoms with Crippen molar-refractivity contribution in [2.24, 2.45) is 5.14 Å². The summed E-state index contributed by atoms with van der Waals surface area (Å²) in [6.07, 6.45) is 0. The Kier molecular flexibility index (Phi) is 3.75. The molecule has 1 rings (SSSR count). The second kappa shape index (κ2) is 4.52. The molecular weight excluding hydrogens is 276 g/mol. The highest BCUT2D eigenvalue weighted by Crippen LogP contribution is 2.20. The second-order valence-electron chi connectivity index (χ2n) is 4.79. The van der Waals surface area contributed by atoms with E-state index in [0.29, 0.717) is 0 Å². The molecule has 0 aliphatic carbocycles. The highest BCUT2D eigenvalue weighted by Gasteiger charge is 2.28. The maximum atomic E-state index is 11.8. The minimum absolute atomic E-state index is 0.0683. The molecule has 0 atom stereocenters. The van der Waals surface area contributed by atoms with Crippen LogP contribution in [-0.4, -0.2) is 21.6 Å². The lowest BCUT2D eigenvalue weighted by Gasteiger charge is -2.20. The molecule has 0 unspecified atom stereocenters. The van der Waals surface area contributed by atoms with Gasteiger partial charge in [0.05, 0.1) is 9.64 Å². The van der Waals surface area contributed by atoms with Crippen LogP contribution in [0.15, 0.2) is 29.2 Å². The van der Waals surface area contributed by atoms with Gasteiger partial charge in [-0.3, -0.25) is 4.72 Å². The number of hydrogen-bond acceptors (Lipinski definition) is 4. The Labute approximate surface area is 107 Å². The van der Waals surface area contributed by atoms with E-state index in [1.54, 1.807) is 20.8 Å². The number of sulfonamides is 2. The summed E-state index contributed by atoms with van der Waals surface area (Å²) in [6, 6.07) is 5.19. The van der Waals surface area contributed by atoms with Crippen LogP contribution in [0.1, 0.15) is 20.8 Å². The van der Waals surface area contributed by atoms with Gasteiger partial charge < -0.3 is 0 Å². The van der Waals surface area contributed by atoms with Gasteiger partial charge in [-0.2, -0.15) is 0 Å². The zero-order chi connectivity index (χ0) is 14.2. The molecule has 0 spiro atoms. The van der Waals surface area contributed by atoms with Crippen molar-refractivity contribution < 1.29 is 16.8 Å². The fourth-order valence-electron chi connectivity index (χ4n) is 1.02. The van der Waals surface area contributed by atoms with Gasteiger partial charge in [-0.1, -0.05) is 0 Å². The molecule has 0 amide bonds.